The fourth-order valence-corrected chi connectivity index (χ4v) is 3.50. The second-order valence-corrected chi connectivity index (χ2v) is 7.45. The van der Waals surface area contributed by atoms with Gasteiger partial charge in [0.2, 0.25) is 11.7 Å². The van der Waals surface area contributed by atoms with Crippen molar-refractivity contribution in [1.29, 1.82) is 0 Å². The molecule has 1 aliphatic rings. The molecule has 162 valence electrons. The Morgan fingerprint density at radius 1 is 1.23 bits per heavy atom. The lowest BCUT2D eigenvalue weighted by atomic mass is 10.1. The summed E-state index contributed by atoms with van der Waals surface area (Å²) >= 11 is 0. The van der Waals surface area contributed by atoms with Crippen LogP contribution in [0.3, 0.4) is 0 Å². The third kappa shape index (κ3) is 5.17. The summed E-state index contributed by atoms with van der Waals surface area (Å²) in [7, 11) is 0. The SMILES string of the molecule is Cc1nc(COc2ccc(C(=O)NCC3CCN(c4ccc(F)c(F)c4)C3)cc2)no1. The summed E-state index contributed by atoms with van der Waals surface area (Å²) in [6, 6.07) is 10.7. The number of aryl methyl sites for hydroxylation is 1. The molecule has 31 heavy (non-hydrogen) atoms. The van der Waals surface area contributed by atoms with Gasteiger partial charge in [-0.2, -0.15) is 4.98 Å². The third-order valence-corrected chi connectivity index (χ3v) is 5.16. The molecule has 1 unspecified atom stereocenters. The Hall–Kier alpha value is -3.49. The quantitative estimate of drug-likeness (QED) is 0.621. The standard InChI is InChI=1S/C22H22F2N4O3/c1-14-26-21(27-31-14)13-30-18-5-2-16(3-6-18)22(29)25-11-15-8-9-28(12-15)17-4-7-19(23)20(24)10-17/h2-7,10,15H,8-9,11-13H2,1H3,(H,25,29). The van der Waals surface area contributed by atoms with E-state index in [9.17, 15) is 13.6 Å². The number of benzene rings is 2. The van der Waals surface area contributed by atoms with Crippen LogP contribution in [0.15, 0.2) is 47.0 Å². The summed E-state index contributed by atoms with van der Waals surface area (Å²) in [6.45, 7) is 3.80. The molecule has 1 saturated heterocycles. The molecule has 4 rings (SSSR count). The summed E-state index contributed by atoms with van der Waals surface area (Å²) < 4.78 is 37.0. The lowest BCUT2D eigenvalue weighted by Crippen LogP contribution is -2.31. The van der Waals surface area contributed by atoms with Crippen LogP contribution in [0.5, 0.6) is 5.75 Å². The number of hydrogen-bond donors (Lipinski definition) is 1. The number of aromatic nitrogens is 2. The number of carbonyl (C=O) groups excluding carboxylic acids is 1. The Bertz CT molecular complexity index is 1060. The van der Waals surface area contributed by atoms with E-state index in [0.717, 1.165) is 19.0 Å². The molecule has 9 heteroatoms. The van der Waals surface area contributed by atoms with Gasteiger partial charge in [-0.1, -0.05) is 5.16 Å². The van der Waals surface area contributed by atoms with Gasteiger partial charge in [0, 0.05) is 43.9 Å². The second-order valence-electron chi connectivity index (χ2n) is 7.45. The van der Waals surface area contributed by atoms with E-state index in [0.29, 0.717) is 41.8 Å². The van der Waals surface area contributed by atoms with Gasteiger partial charge in [-0.25, -0.2) is 8.78 Å². The van der Waals surface area contributed by atoms with Crippen LogP contribution in [0.4, 0.5) is 14.5 Å². The largest absolute Gasteiger partial charge is 0.485 e. The van der Waals surface area contributed by atoms with Crippen molar-refractivity contribution in [3.8, 4) is 5.75 Å². The molecule has 0 saturated carbocycles. The first kappa shape index (κ1) is 20.8. The number of nitrogens with one attached hydrogen (secondary N) is 1. The number of amides is 1. The van der Waals surface area contributed by atoms with Gasteiger partial charge in [0.1, 0.15) is 5.75 Å². The molecule has 1 aromatic heterocycles. The number of hydrogen-bond acceptors (Lipinski definition) is 6. The first-order valence-corrected chi connectivity index (χ1v) is 9.98. The molecule has 3 aromatic rings. The van der Waals surface area contributed by atoms with Crippen molar-refractivity contribution in [3.63, 3.8) is 0 Å². The molecule has 0 spiro atoms. The predicted octanol–water partition coefficient (Wildman–Crippen LogP) is 3.49. The minimum Gasteiger partial charge on any atom is -0.485 e. The Kier molecular flexibility index (Phi) is 6.11. The van der Waals surface area contributed by atoms with E-state index >= 15 is 0 Å². The average Bonchev–Trinajstić information content (AvgIpc) is 3.42. The van der Waals surface area contributed by atoms with Gasteiger partial charge in [-0.3, -0.25) is 4.79 Å². The highest BCUT2D eigenvalue weighted by Gasteiger charge is 2.24. The van der Waals surface area contributed by atoms with E-state index < -0.39 is 11.6 Å². The molecule has 7 nitrogen and oxygen atoms in total. The number of halogens is 2. The summed E-state index contributed by atoms with van der Waals surface area (Å²) in [5, 5.41) is 6.70. The van der Waals surface area contributed by atoms with Crippen LogP contribution in [-0.4, -0.2) is 35.7 Å². The molecular weight excluding hydrogens is 406 g/mol. The first-order chi connectivity index (χ1) is 15.0. The Labute approximate surface area is 178 Å². The molecule has 0 bridgehead atoms. The van der Waals surface area contributed by atoms with E-state index in [2.05, 4.69) is 15.5 Å². The summed E-state index contributed by atoms with van der Waals surface area (Å²) in [5.41, 5.74) is 1.18. The molecule has 1 aliphatic heterocycles. The van der Waals surface area contributed by atoms with Crippen LogP contribution < -0.4 is 15.0 Å². The van der Waals surface area contributed by atoms with Gasteiger partial charge in [-0.15, -0.1) is 0 Å². The van der Waals surface area contributed by atoms with Crippen molar-refractivity contribution < 1.29 is 22.8 Å². The molecular formula is C22H22F2N4O3. The fraction of sp³-hybridized carbons (Fsp3) is 0.318. The first-order valence-electron chi connectivity index (χ1n) is 9.98. The van der Waals surface area contributed by atoms with Crippen molar-refractivity contribution >= 4 is 11.6 Å². The van der Waals surface area contributed by atoms with Gasteiger partial charge in [-0.05, 0) is 48.7 Å². The number of nitrogens with zero attached hydrogens (tertiary/aromatic N) is 3. The van der Waals surface area contributed by atoms with Gasteiger partial charge in [0.05, 0.1) is 0 Å². The normalized spacial score (nSPS) is 15.8. The summed E-state index contributed by atoms with van der Waals surface area (Å²) in [6.07, 6.45) is 0.863. The maximum atomic E-state index is 13.5. The van der Waals surface area contributed by atoms with Gasteiger partial charge in [0.15, 0.2) is 18.2 Å². The van der Waals surface area contributed by atoms with E-state index in [-0.39, 0.29) is 18.4 Å². The molecule has 0 aliphatic carbocycles. The molecule has 1 fully saturated rings. The predicted molar refractivity (Wildman–Crippen MR) is 109 cm³/mol. The molecule has 0 radical (unpaired) electrons. The van der Waals surface area contributed by atoms with Crippen molar-refractivity contribution in [3.05, 3.63) is 71.4 Å². The Balaban J connectivity index is 1.24. The average molecular weight is 428 g/mol. The highest BCUT2D eigenvalue weighted by atomic mass is 19.2. The third-order valence-electron chi connectivity index (χ3n) is 5.16. The van der Waals surface area contributed by atoms with Gasteiger partial charge in [0.25, 0.3) is 5.91 Å². The zero-order valence-electron chi connectivity index (χ0n) is 17.0. The van der Waals surface area contributed by atoms with Gasteiger partial charge >= 0.3 is 0 Å². The van der Waals surface area contributed by atoms with Crippen LogP contribution >= 0.6 is 0 Å². The number of rotatable bonds is 7. The van der Waals surface area contributed by atoms with Crippen molar-refractivity contribution in [2.24, 2.45) is 5.92 Å². The highest BCUT2D eigenvalue weighted by Crippen LogP contribution is 2.25. The van der Waals surface area contributed by atoms with E-state index in [4.69, 9.17) is 9.26 Å². The molecule has 2 heterocycles. The fourth-order valence-electron chi connectivity index (χ4n) is 3.50. The second kappa shape index (κ2) is 9.11. The van der Waals surface area contributed by atoms with E-state index in [1.807, 2.05) is 4.90 Å². The number of anilines is 1. The van der Waals surface area contributed by atoms with E-state index in [1.54, 1.807) is 37.3 Å². The molecule has 1 amide bonds. The monoisotopic (exact) mass is 428 g/mol. The number of ether oxygens (including phenoxy) is 1. The number of carbonyl (C=O) groups is 1. The van der Waals surface area contributed by atoms with Gasteiger partial charge < -0.3 is 19.5 Å². The minimum atomic E-state index is -0.854. The molecule has 2 aromatic carbocycles. The maximum Gasteiger partial charge on any atom is 0.251 e. The topological polar surface area (TPSA) is 80.5 Å². The van der Waals surface area contributed by atoms with Crippen LogP contribution in [0, 0.1) is 24.5 Å². The summed E-state index contributed by atoms with van der Waals surface area (Å²) in [5.74, 6) is -0.127. The Morgan fingerprint density at radius 3 is 2.74 bits per heavy atom. The zero-order valence-corrected chi connectivity index (χ0v) is 17.0. The van der Waals surface area contributed by atoms with Crippen molar-refractivity contribution in [2.75, 3.05) is 24.5 Å². The van der Waals surface area contributed by atoms with Crippen molar-refractivity contribution in [1.82, 2.24) is 15.5 Å². The Morgan fingerprint density at radius 2 is 2.03 bits per heavy atom. The highest BCUT2D eigenvalue weighted by molar-refractivity contribution is 5.94. The maximum absolute atomic E-state index is 13.5. The minimum absolute atomic E-state index is 0.174. The van der Waals surface area contributed by atoms with Crippen LogP contribution in [0.2, 0.25) is 0 Å². The summed E-state index contributed by atoms with van der Waals surface area (Å²) in [4.78, 5) is 18.5. The zero-order chi connectivity index (χ0) is 21.8. The molecule has 1 atom stereocenters. The van der Waals surface area contributed by atoms with Crippen LogP contribution in [0.1, 0.15) is 28.5 Å². The van der Waals surface area contributed by atoms with Crippen LogP contribution in [-0.2, 0) is 6.61 Å². The van der Waals surface area contributed by atoms with Crippen LogP contribution in [0.25, 0.3) is 0 Å². The van der Waals surface area contributed by atoms with Crippen molar-refractivity contribution in [2.45, 2.75) is 20.0 Å². The lowest BCUT2D eigenvalue weighted by molar-refractivity contribution is 0.0948. The smallest absolute Gasteiger partial charge is 0.251 e. The van der Waals surface area contributed by atoms with E-state index in [1.165, 1.54) is 6.07 Å². The lowest BCUT2D eigenvalue weighted by Gasteiger charge is -2.19. The molecule has 1 N–H and O–H groups in total.